The molecule has 2 aliphatic rings. The van der Waals surface area contributed by atoms with E-state index in [2.05, 4.69) is 6.92 Å². The summed E-state index contributed by atoms with van der Waals surface area (Å²) in [6.45, 7) is 4.19. The van der Waals surface area contributed by atoms with Crippen LogP contribution in [0.4, 0.5) is 0 Å². The SMILES string of the molecule is CCCCCCCCCCCC[C@H](O)[C@@H]1CC[C@@H]([C@@H](O)CCCCCCCCCCCCCCC2=CC(C)OC2=O)O1. The predicted molar refractivity (Wildman–Crippen MR) is 175 cm³/mol. The molecule has 2 N–H and O–H groups in total. The van der Waals surface area contributed by atoms with Crippen molar-refractivity contribution in [3.8, 4) is 0 Å². The van der Waals surface area contributed by atoms with Gasteiger partial charge in [-0.05, 0) is 51.5 Å². The van der Waals surface area contributed by atoms with Crippen LogP contribution in [0.1, 0.15) is 187 Å². The standard InChI is InChI=1S/C37H68O5/c1-3-4-5-6-7-8-14-17-20-23-26-33(38)35-28-29-36(42-35)34(39)27-24-21-18-15-12-10-9-11-13-16-19-22-25-32-30-31(2)41-37(32)40/h30-31,33-36,38-39H,3-29H2,1-2H3/t31?,33-,34-,35-,36-/m0/s1. The molecule has 2 rings (SSSR count). The molecule has 5 atom stereocenters. The first-order chi connectivity index (χ1) is 20.5. The Labute approximate surface area is 259 Å². The van der Waals surface area contributed by atoms with Crippen LogP contribution in [0.15, 0.2) is 11.6 Å². The Balaban J connectivity index is 1.32. The van der Waals surface area contributed by atoms with E-state index in [1.165, 1.54) is 122 Å². The Morgan fingerprint density at radius 3 is 1.40 bits per heavy atom. The van der Waals surface area contributed by atoms with E-state index in [0.717, 1.165) is 56.9 Å². The summed E-state index contributed by atoms with van der Waals surface area (Å²) in [5, 5.41) is 21.2. The number of hydrogen-bond donors (Lipinski definition) is 2. The van der Waals surface area contributed by atoms with Gasteiger partial charge in [-0.25, -0.2) is 4.79 Å². The van der Waals surface area contributed by atoms with Crippen LogP contribution in [-0.4, -0.2) is 46.7 Å². The summed E-state index contributed by atoms with van der Waals surface area (Å²) in [7, 11) is 0. The first kappa shape index (κ1) is 37.3. The first-order valence-corrected chi connectivity index (χ1v) is 18.4. The second kappa shape index (κ2) is 24.4. The highest BCUT2D eigenvalue weighted by Crippen LogP contribution is 2.28. The van der Waals surface area contributed by atoms with Crippen LogP contribution in [0.5, 0.6) is 0 Å². The van der Waals surface area contributed by atoms with E-state index in [-0.39, 0.29) is 36.5 Å². The van der Waals surface area contributed by atoms with Crippen LogP contribution >= 0.6 is 0 Å². The summed E-state index contributed by atoms with van der Waals surface area (Å²) in [6, 6.07) is 0. The summed E-state index contributed by atoms with van der Waals surface area (Å²) in [4.78, 5) is 11.6. The van der Waals surface area contributed by atoms with Crippen molar-refractivity contribution in [3.05, 3.63) is 11.6 Å². The summed E-state index contributed by atoms with van der Waals surface area (Å²) in [5.74, 6) is -0.111. The molecule has 1 fully saturated rings. The van der Waals surface area contributed by atoms with Gasteiger partial charge < -0.3 is 19.7 Å². The van der Waals surface area contributed by atoms with Crippen molar-refractivity contribution < 1.29 is 24.5 Å². The lowest BCUT2D eigenvalue weighted by atomic mass is 10.00. The topological polar surface area (TPSA) is 76.0 Å². The highest BCUT2D eigenvalue weighted by atomic mass is 16.5. The maximum Gasteiger partial charge on any atom is 0.334 e. The van der Waals surface area contributed by atoms with Gasteiger partial charge in [0.1, 0.15) is 6.10 Å². The molecule has 0 spiro atoms. The van der Waals surface area contributed by atoms with Crippen LogP contribution in [-0.2, 0) is 14.3 Å². The van der Waals surface area contributed by atoms with Gasteiger partial charge in [0.05, 0.1) is 24.4 Å². The Bertz CT molecular complexity index is 692. The maximum atomic E-state index is 11.6. The minimum absolute atomic E-state index is 0.0387. The van der Waals surface area contributed by atoms with Crippen molar-refractivity contribution in [2.45, 2.75) is 218 Å². The third-order valence-electron chi connectivity index (χ3n) is 9.48. The van der Waals surface area contributed by atoms with Crippen molar-refractivity contribution in [1.82, 2.24) is 0 Å². The lowest BCUT2D eigenvalue weighted by molar-refractivity contribution is -0.139. The molecule has 5 heteroatoms. The van der Waals surface area contributed by atoms with E-state index in [9.17, 15) is 15.0 Å². The molecule has 0 amide bonds. The third kappa shape index (κ3) is 17.4. The quantitative estimate of drug-likeness (QED) is 0.0698. The fraction of sp³-hybridized carbons (Fsp3) is 0.919. The molecule has 0 aromatic heterocycles. The molecule has 246 valence electrons. The van der Waals surface area contributed by atoms with Crippen LogP contribution < -0.4 is 0 Å². The molecule has 0 aromatic rings. The highest BCUT2D eigenvalue weighted by molar-refractivity contribution is 5.90. The van der Waals surface area contributed by atoms with Crippen molar-refractivity contribution in [3.63, 3.8) is 0 Å². The van der Waals surface area contributed by atoms with Crippen molar-refractivity contribution in [2.75, 3.05) is 0 Å². The molecule has 0 aliphatic carbocycles. The van der Waals surface area contributed by atoms with Crippen LogP contribution in [0.25, 0.3) is 0 Å². The maximum absolute atomic E-state index is 11.6. The zero-order chi connectivity index (χ0) is 30.3. The summed E-state index contributed by atoms with van der Waals surface area (Å²) >= 11 is 0. The van der Waals surface area contributed by atoms with E-state index < -0.39 is 0 Å². The number of aliphatic hydroxyl groups excluding tert-OH is 2. The fourth-order valence-electron chi connectivity index (χ4n) is 6.72. The predicted octanol–water partition coefficient (Wildman–Crippen LogP) is 9.90. The molecule has 2 aliphatic heterocycles. The van der Waals surface area contributed by atoms with Gasteiger partial charge in [0.25, 0.3) is 0 Å². The number of unbranched alkanes of at least 4 members (excludes halogenated alkanes) is 20. The number of esters is 1. The number of hydrogen-bond acceptors (Lipinski definition) is 5. The molecular formula is C37H68O5. The van der Waals surface area contributed by atoms with Gasteiger partial charge in [-0.2, -0.15) is 0 Å². The second-order valence-corrected chi connectivity index (χ2v) is 13.5. The smallest absolute Gasteiger partial charge is 0.334 e. The highest BCUT2D eigenvalue weighted by Gasteiger charge is 2.34. The number of rotatable bonds is 28. The number of cyclic esters (lactones) is 1. The van der Waals surface area contributed by atoms with Gasteiger partial charge in [-0.1, -0.05) is 142 Å². The largest absolute Gasteiger partial charge is 0.455 e. The monoisotopic (exact) mass is 593 g/mol. The summed E-state index contributed by atoms with van der Waals surface area (Å²) < 4.78 is 11.3. The van der Waals surface area contributed by atoms with Crippen LogP contribution in [0, 0.1) is 0 Å². The Kier molecular flexibility index (Phi) is 21.7. The number of carbonyl (C=O) groups is 1. The van der Waals surface area contributed by atoms with Gasteiger partial charge in [0.2, 0.25) is 0 Å². The molecule has 42 heavy (non-hydrogen) atoms. The average Bonchev–Trinajstić information content (AvgIpc) is 3.60. The zero-order valence-corrected chi connectivity index (χ0v) is 27.7. The third-order valence-corrected chi connectivity index (χ3v) is 9.48. The molecule has 0 radical (unpaired) electrons. The van der Waals surface area contributed by atoms with Gasteiger partial charge in [-0.3, -0.25) is 0 Å². The first-order valence-electron chi connectivity index (χ1n) is 18.4. The van der Waals surface area contributed by atoms with Gasteiger partial charge in [0.15, 0.2) is 0 Å². The average molecular weight is 593 g/mol. The van der Waals surface area contributed by atoms with E-state index in [1.807, 2.05) is 13.0 Å². The molecule has 0 aromatic carbocycles. The minimum atomic E-state index is -0.383. The minimum Gasteiger partial charge on any atom is -0.455 e. The number of ether oxygens (including phenoxy) is 2. The Hall–Kier alpha value is -0.910. The second-order valence-electron chi connectivity index (χ2n) is 13.5. The molecule has 0 bridgehead atoms. The van der Waals surface area contributed by atoms with E-state index in [1.54, 1.807) is 0 Å². The number of carbonyl (C=O) groups excluding carboxylic acids is 1. The number of aliphatic hydroxyl groups is 2. The Morgan fingerprint density at radius 1 is 0.643 bits per heavy atom. The Morgan fingerprint density at radius 2 is 1.02 bits per heavy atom. The van der Waals surface area contributed by atoms with Gasteiger partial charge in [0, 0.05) is 5.57 Å². The molecule has 5 nitrogen and oxygen atoms in total. The summed E-state index contributed by atoms with van der Waals surface area (Å²) in [6.07, 6.45) is 33.4. The van der Waals surface area contributed by atoms with Crippen molar-refractivity contribution in [1.29, 1.82) is 0 Å². The summed E-state index contributed by atoms with van der Waals surface area (Å²) in [5.41, 5.74) is 0.877. The molecule has 1 saturated heterocycles. The molecule has 2 heterocycles. The zero-order valence-electron chi connectivity index (χ0n) is 27.7. The van der Waals surface area contributed by atoms with Gasteiger partial charge >= 0.3 is 5.97 Å². The van der Waals surface area contributed by atoms with Gasteiger partial charge in [-0.15, -0.1) is 0 Å². The molecule has 0 saturated carbocycles. The van der Waals surface area contributed by atoms with Crippen LogP contribution in [0.2, 0.25) is 0 Å². The lowest BCUT2D eigenvalue weighted by Gasteiger charge is -2.22. The van der Waals surface area contributed by atoms with Crippen LogP contribution in [0.3, 0.4) is 0 Å². The molecule has 1 unspecified atom stereocenters. The van der Waals surface area contributed by atoms with E-state index >= 15 is 0 Å². The van der Waals surface area contributed by atoms with Crippen molar-refractivity contribution in [2.24, 2.45) is 0 Å². The van der Waals surface area contributed by atoms with Crippen molar-refractivity contribution >= 4 is 5.97 Å². The lowest BCUT2D eigenvalue weighted by Crippen LogP contribution is -2.31. The normalized spacial score (nSPS) is 22.0. The van der Waals surface area contributed by atoms with E-state index in [0.29, 0.717) is 0 Å². The molecular weight excluding hydrogens is 524 g/mol. The fourth-order valence-corrected chi connectivity index (χ4v) is 6.72. The van der Waals surface area contributed by atoms with E-state index in [4.69, 9.17) is 9.47 Å².